The van der Waals surface area contributed by atoms with E-state index in [2.05, 4.69) is 20.8 Å². The zero-order valence-corrected chi connectivity index (χ0v) is 19.9. The van der Waals surface area contributed by atoms with Crippen LogP contribution in [0.5, 0.6) is 0 Å². The van der Waals surface area contributed by atoms with E-state index in [0.717, 1.165) is 19.3 Å². The number of esters is 1. The Hall–Kier alpha value is -1.49. The molecule has 3 fully saturated rings. The molecule has 1 N–H and O–H groups in total. The van der Waals surface area contributed by atoms with Crippen LogP contribution in [0.4, 0.5) is 0 Å². The van der Waals surface area contributed by atoms with Crippen LogP contribution >= 0.6 is 0 Å². The number of ether oxygens (including phenoxy) is 1. The standard InChI is InChI=1S/C26H38O5/c1-7-22(30)31-26(16(4)27)15(3)11-20-18-10-14(2)19-12-17(28)8-9-24(19,5)23(18)21(29)13-25(20,26)6/h12,14-15,18,20-21,23,29H,7-11,13H2,1-6H3/t14?,15?,18-,20-,21?,23+,24-,25-,26-/m0/s1. The van der Waals surface area contributed by atoms with Gasteiger partial charge in [-0.05, 0) is 67.8 Å². The monoisotopic (exact) mass is 430 g/mol. The van der Waals surface area contributed by atoms with Gasteiger partial charge in [-0.1, -0.05) is 40.2 Å². The topological polar surface area (TPSA) is 80.7 Å². The number of aliphatic hydroxyl groups excluding tert-OH is 1. The van der Waals surface area contributed by atoms with Crippen LogP contribution in [0.2, 0.25) is 0 Å². The first kappa shape index (κ1) is 22.7. The van der Waals surface area contributed by atoms with E-state index in [9.17, 15) is 19.5 Å². The Bertz CT molecular complexity index is 845. The van der Waals surface area contributed by atoms with Crippen molar-refractivity contribution >= 4 is 17.5 Å². The zero-order valence-electron chi connectivity index (χ0n) is 19.9. The van der Waals surface area contributed by atoms with Gasteiger partial charge < -0.3 is 9.84 Å². The SMILES string of the molecule is CCC(=O)O[C@]1(C(C)=O)C(C)C[C@H]2[C@@H]3CC(C)C4=CC(=O)CC[C@]4(C)[C@H]3C(O)C[C@@]21C. The molecule has 0 heterocycles. The lowest BCUT2D eigenvalue weighted by Crippen LogP contribution is -2.64. The average molecular weight is 431 g/mol. The molecule has 0 aromatic heterocycles. The lowest BCUT2D eigenvalue weighted by molar-refractivity contribution is -0.206. The molecule has 0 saturated heterocycles. The molecule has 0 aromatic rings. The second kappa shape index (κ2) is 7.26. The molecule has 4 rings (SSSR count). The molecule has 0 bridgehead atoms. The fourth-order valence-electron chi connectivity index (χ4n) is 8.73. The summed E-state index contributed by atoms with van der Waals surface area (Å²) in [7, 11) is 0. The van der Waals surface area contributed by atoms with E-state index in [1.807, 2.05) is 13.0 Å². The van der Waals surface area contributed by atoms with Gasteiger partial charge in [-0.3, -0.25) is 14.4 Å². The molecule has 0 amide bonds. The lowest BCUT2D eigenvalue weighted by Gasteiger charge is -2.62. The minimum atomic E-state index is -1.18. The van der Waals surface area contributed by atoms with Crippen molar-refractivity contribution in [3.05, 3.63) is 11.6 Å². The van der Waals surface area contributed by atoms with Crippen LogP contribution in [0.25, 0.3) is 0 Å². The van der Waals surface area contributed by atoms with Crippen LogP contribution in [-0.2, 0) is 19.1 Å². The Morgan fingerprint density at radius 1 is 1.23 bits per heavy atom. The summed E-state index contributed by atoms with van der Waals surface area (Å²) in [5.41, 5.74) is -0.763. The van der Waals surface area contributed by atoms with E-state index < -0.39 is 17.1 Å². The van der Waals surface area contributed by atoms with Gasteiger partial charge in [0.1, 0.15) is 0 Å². The largest absolute Gasteiger partial charge is 0.450 e. The fraction of sp³-hybridized carbons (Fsp3) is 0.808. The van der Waals surface area contributed by atoms with Gasteiger partial charge in [-0.2, -0.15) is 0 Å². The number of fused-ring (bicyclic) bond motifs is 5. The molecular formula is C26H38O5. The second-order valence-corrected chi connectivity index (χ2v) is 11.4. The Morgan fingerprint density at radius 2 is 1.90 bits per heavy atom. The molecule has 5 heteroatoms. The van der Waals surface area contributed by atoms with Gasteiger partial charge >= 0.3 is 5.97 Å². The maximum Gasteiger partial charge on any atom is 0.306 e. The smallest absolute Gasteiger partial charge is 0.306 e. The van der Waals surface area contributed by atoms with E-state index in [1.165, 1.54) is 5.57 Å². The molecule has 0 radical (unpaired) electrons. The quantitative estimate of drug-likeness (QED) is 0.677. The molecule has 31 heavy (non-hydrogen) atoms. The third-order valence-corrected chi connectivity index (χ3v) is 9.84. The Kier molecular flexibility index (Phi) is 5.32. The molecule has 3 unspecified atom stereocenters. The van der Waals surface area contributed by atoms with E-state index in [-0.39, 0.29) is 59.0 Å². The maximum absolute atomic E-state index is 13.1. The van der Waals surface area contributed by atoms with Gasteiger partial charge in [0.25, 0.3) is 0 Å². The summed E-state index contributed by atoms with van der Waals surface area (Å²) in [5.74, 6) is 0.436. The van der Waals surface area contributed by atoms with Gasteiger partial charge in [-0.25, -0.2) is 0 Å². The van der Waals surface area contributed by atoms with Crippen molar-refractivity contribution in [1.82, 2.24) is 0 Å². The van der Waals surface area contributed by atoms with Crippen LogP contribution < -0.4 is 0 Å². The van der Waals surface area contributed by atoms with Crippen LogP contribution in [0.15, 0.2) is 11.6 Å². The van der Waals surface area contributed by atoms with Crippen molar-refractivity contribution in [2.75, 3.05) is 0 Å². The molecule has 172 valence electrons. The molecule has 5 nitrogen and oxygen atoms in total. The number of ketones is 2. The molecule has 0 aliphatic heterocycles. The van der Waals surface area contributed by atoms with Gasteiger partial charge in [0.2, 0.25) is 0 Å². The molecule has 4 aliphatic rings. The number of hydrogen-bond acceptors (Lipinski definition) is 5. The average Bonchev–Trinajstić information content (AvgIpc) is 2.90. The van der Waals surface area contributed by atoms with Crippen molar-refractivity contribution in [2.24, 2.45) is 40.4 Å². The van der Waals surface area contributed by atoms with Crippen LogP contribution in [0.3, 0.4) is 0 Å². The summed E-state index contributed by atoms with van der Waals surface area (Å²) in [4.78, 5) is 37.8. The van der Waals surface area contributed by atoms with Crippen molar-refractivity contribution in [1.29, 1.82) is 0 Å². The predicted octanol–water partition coefficient (Wildman–Crippen LogP) is 4.26. The molecular weight excluding hydrogens is 392 g/mol. The molecule has 3 saturated carbocycles. The minimum Gasteiger partial charge on any atom is -0.450 e. The molecule has 4 aliphatic carbocycles. The number of hydrogen-bond donors (Lipinski definition) is 1. The normalized spacial score (nSPS) is 48.9. The highest BCUT2D eigenvalue weighted by Crippen LogP contribution is 2.70. The number of aliphatic hydroxyl groups is 1. The first-order valence-electron chi connectivity index (χ1n) is 12.1. The number of rotatable bonds is 3. The van der Waals surface area contributed by atoms with Crippen molar-refractivity contribution in [3.8, 4) is 0 Å². The Balaban J connectivity index is 1.81. The first-order valence-corrected chi connectivity index (χ1v) is 12.1. The Labute approximate surface area is 186 Å². The highest BCUT2D eigenvalue weighted by molar-refractivity contribution is 5.92. The number of allylic oxidation sites excluding steroid dienone is 1. The number of carbonyl (C=O) groups excluding carboxylic acids is 3. The van der Waals surface area contributed by atoms with Crippen molar-refractivity contribution in [3.63, 3.8) is 0 Å². The third-order valence-electron chi connectivity index (χ3n) is 9.84. The van der Waals surface area contributed by atoms with E-state index in [1.54, 1.807) is 13.8 Å². The van der Waals surface area contributed by atoms with E-state index >= 15 is 0 Å². The Morgan fingerprint density at radius 3 is 2.52 bits per heavy atom. The maximum atomic E-state index is 13.1. The van der Waals surface area contributed by atoms with Crippen LogP contribution in [0.1, 0.15) is 80.1 Å². The second-order valence-electron chi connectivity index (χ2n) is 11.4. The van der Waals surface area contributed by atoms with Gasteiger partial charge in [0.05, 0.1) is 6.10 Å². The van der Waals surface area contributed by atoms with E-state index in [4.69, 9.17) is 4.74 Å². The highest BCUT2D eigenvalue weighted by atomic mass is 16.6. The summed E-state index contributed by atoms with van der Waals surface area (Å²) < 4.78 is 6.04. The van der Waals surface area contributed by atoms with Gasteiger partial charge in [-0.15, -0.1) is 0 Å². The summed E-state index contributed by atoms with van der Waals surface area (Å²) in [6.07, 6.45) is 4.98. The van der Waals surface area contributed by atoms with Gasteiger partial charge in [0.15, 0.2) is 17.2 Å². The summed E-state index contributed by atoms with van der Waals surface area (Å²) >= 11 is 0. The van der Waals surface area contributed by atoms with Crippen LogP contribution in [-0.4, -0.2) is 34.3 Å². The van der Waals surface area contributed by atoms with Gasteiger partial charge in [0, 0.05) is 24.2 Å². The summed E-state index contributed by atoms with van der Waals surface area (Å²) in [5, 5.41) is 11.6. The van der Waals surface area contributed by atoms with Crippen molar-refractivity contribution in [2.45, 2.75) is 91.8 Å². The summed E-state index contributed by atoms with van der Waals surface area (Å²) in [6.45, 7) is 11.8. The van der Waals surface area contributed by atoms with E-state index in [0.29, 0.717) is 12.8 Å². The molecule has 9 atom stereocenters. The fourth-order valence-corrected chi connectivity index (χ4v) is 8.73. The lowest BCUT2D eigenvalue weighted by atomic mass is 9.44. The molecule has 0 spiro atoms. The highest BCUT2D eigenvalue weighted by Gasteiger charge is 2.72. The predicted molar refractivity (Wildman–Crippen MR) is 117 cm³/mol. The zero-order chi connectivity index (χ0) is 22.9. The van der Waals surface area contributed by atoms with Crippen molar-refractivity contribution < 1.29 is 24.2 Å². The summed E-state index contributed by atoms with van der Waals surface area (Å²) in [6, 6.07) is 0. The number of carbonyl (C=O) groups is 3. The van der Waals surface area contributed by atoms with Crippen LogP contribution in [0, 0.1) is 40.4 Å². The molecule has 0 aromatic carbocycles. The minimum absolute atomic E-state index is 0.0676. The third kappa shape index (κ3) is 2.87. The number of Topliss-reactive ketones (excluding diaryl/α,β-unsaturated/α-hetero) is 1. The first-order chi connectivity index (χ1) is 14.4.